The summed E-state index contributed by atoms with van der Waals surface area (Å²) >= 11 is 0. The Morgan fingerprint density at radius 3 is 2.78 bits per heavy atom. The highest BCUT2D eigenvalue weighted by Gasteiger charge is 2.26. The summed E-state index contributed by atoms with van der Waals surface area (Å²) in [5.41, 5.74) is 1.28. The second kappa shape index (κ2) is 3.48. The van der Waals surface area contributed by atoms with Crippen molar-refractivity contribution in [3.63, 3.8) is 0 Å². The van der Waals surface area contributed by atoms with Crippen molar-refractivity contribution in [3.05, 3.63) is 45.8 Å². The zero-order valence-electron chi connectivity index (χ0n) is 10.6. The summed E-state index contributed by atoms with van der Waals surface area (Å²) in [6.45, 7) is 5.84. The first kappa shape index (κ1) is 11.1. The van der Waals surface area contributed by atoms with Crippen molar-refractivity contribution >= 4 is 17.0 Å². The van der Waals surface area contributed by atoms with Gasteiger partial charge in [-0.3, -0.25) is 0 Å². The Morgan fingerprint density at radius 2 is 2.00 bits per heavy atom. The molecule has 0 saturated heterocycles. The Balaban J connectivity index is 2.44. The highest BCUT2D eigenvalue weighted by atomic mass is 16.5. The second-order valence-electron chi connectivity index (χ2n) is 5.12. The maximum absolute atomic E-state index is 11.9. The Hall–Kier alpha value is -2.03. The highest BCUT2D eigenvalue weighted by Crippen LogP contribution is 2.35. The van der Waals surface area contributed by atoms with Crippen molar-refractivity contribution in [1.82, 2.24) is 0 Å². The van der Waals surface area contributed by atoms with Gasteiger partial charge < -0.3 is 9.15 Å². The van der Waals surface area contributed by atoms with Gasteiger partial charge in [0.1, 0.15) is 22.5 Å². The summed E-state index contributed by atoms with van der Waals surface area (Å²) in [5.74, 6) is 0.623. The summed E-state index contributed by atoms with van der Waals surface area (Å²) in [4.78, 5) is 11.9. The number of aryl methyl sites for hydroxylation is 1. The van der Waals surface area contributed by atoms with E-state index in [9.17, 15) is 4.79 Å². The van der Waals surface area contributed by atoms with Gasteiger partial charge in [0.25, 0.3) is 0 Å². The second-order valence-corrected chi connectivity index (χ2v) is 5.12. The van der Waals surface area contributed by atoms with Gasteiger partial charge in [-0.2, -0.15) is 0 Å². The molecule has 0 N–H and O–H groups in total. The molecule has 18 heavy (non-hydrogen) atoms. The van der Waals surface area contributed by atoms with Gasteiger partial charge in [0.05, 0.1) is 5.39 Å². The van der Waals surface area contributed by atoms with Crippen LogP contribution in [0.2, 0.25) is 0 Å². The van der Waals surface area contributed by atoms with Gasteiger partial charge in [-0.1, -0.05) is 12.1 Å². The molecule has 2 heterocycles. The Labute approximate surface area is 105 Å². The molecule has 92 valence electrons. The van der Waals surface area contributed by atoms with Gasteiger partial charge >= 0.3 is 5.63 Å². The molecule has 1 aromatic carbocycles. The number of hydrogen-bond donors (Lipinski definition) is 0. The number of fused-ring (bicyclic) bond motifs is 3. The lowest BCUT2D eigenvalue weighted by atomic mass is 10.0. The van der Waals surface area contributed by atoms with Crippen LogP contribution in [0.5, 0.6) is 5.75 Å². The summed E-state index contributed by atoms with van der Waals surface area (Å²) < 4.78 is 11.3. The molecule has 0 saturated carbocycles. The zero-order chi connectivity index (χ0) is 12.9. The molecule has 3 rings (SSSR count). The van der Waals surface area contributed by atoms with Crippen molar-refractivity contribution in [2.75, 3.05) is 0 Å². The van der Waals surface area contributed by atoms with E-state index in [1.165, 1.54) is 0 Å². The fourth-order valence-corrected chi connectivity index (χ4v) is 2.19. The van der Waals surface area contributed by atoms with Crippen molar-refractivity contribution in [3.8, 4) is 5.75 Å². The van der Waals surface area contributed by atoms with Crippen LogP contribution in [0, 0.1) is 6.92 Å². The number of hydrogen-bond acceptors (Lipinski definition) is 3. The molecule has 3 heteroatoms. The molecule has 1 aliphatic heterocycles. The van der Waals surface area contributed by atoms with Gasteiger partial charge in [0, 0.05) is 0 Å². The Kier molecular flexibility index (Phi) is 2.14. The predicted molar refractivity (Wildman–Crippen MR) is 71.0 cm³/mol. The van der Waals surface area contributed by atoms with Crippen molar-refractivity contribution in [2.45, 2.75) is 26.4 Å². The monoisotopic (exact) mass is 242 g/mol. The summed E-state index contributed by atoms with van der Waals surface area (Å²) in [7, 11) is 0. The lowest BCUT2D eigenvalue weighted by molar-refractivity contribution is 0.160. The highest BCUT2D eigenvalue weighted by molar-refractivity contribution is 5.89. The molecule has 0 aliphatic carbocycles. The van der Waals surface area contributed by atoms with Gasteiger partial charge in [0.2, 0.25) is 0 Å². The number of benzene rings is 1. The third-order valence-corrected chi connectivity index (χ3v) is 3.13. The lowest BCUT2D eigenvalue weighted by Crippen LogP contribution is -2.29. The quantitative estimate of drug-likeness (QED) is 0.665. The van der Waals surface area contributed by atoms with Crippen LogP contribution in [0.25, 0.3) is 17.0 Å². The molecule has 0 atom stereocenters. The number of para-hydroxylation sites is 1. The van der Waals surface area contributed by atoms with Gasteiger partial charge in [-0.15, -0.1) is 0 Å². The number of rotatable bonds is 0. The van der Waals surface area contributed by atoms with E-state index < -0.39 is 5.60 Å². The van der Waals surface area contributed by atoms with Crippen molar-refractivity contribution < 1.29 is 9.15 Å². The van der Waals surface area contributed by atoms with Crippen LogP contribution < -0.4 is 10.4 Å². The average Bonchev–Trinajstić information content (AvgIpc) is 2.29. The predicted octanol–water partition coefficient (Wildman–Crippen LogP) is 3.29. The average molecular weight is 242 g/mol. The van der Waals surface area contributed by atoms with E-state index in [0.717, 1.165) is 10.9 Å². The van der Waals surface area contributed by atoms with Crippen LogP contribution in [0.15, 0.2) is 33.5 Å². The minimum absolute atomic E-state index is 0.349. The summed E-state index contributed by atoms with van der Waals surface area (Å²) in [6.07, 6.45) is 3.65. The summed E-state index contributed by atoms with van der Waals surface area (Å²) in [6, 6.07) is 5.77. The van der Waals surface area contributed by atoms with E-state index in [4.69, 9.17) is 9.15 Å². The first-order valence-corrected chi connectivity index (χ1v) is 5.93. The molecule has 1 aliphatic rings. The standard InChI is InChI=1S/C15H14O3/c1-9-5-4-6-10-12(9)17-14(16)11-7-8-15(2,3)18-13(10)11/h4-8H,1-3H3. The molecule has 0 radical (unpaired) electrons. The lowest BCUT2D eigenvalue weighted by Gasteiger charge is -2.28. The van der Waals surface area contributed by atoms with Crippen LogP contribution in [0.4, 0.5) is 0 Å². The van der Waals surface area contributed by atoms with Crippen LogP contribution in [0.1, 0.15) is 25.0 Å². The summed E-state index contributed by atoms with van der Waals surface area (Å²) in [5, 5.41) is 0.849. The van der Waals surface area contributed by atoms with E-state index in [1.807, 2.05) is 45.0 Å². The minimum atomic E-state index is -0.405. The molecule has 0 spiro atoms. The minimum Gasteiger partial charge on any atom is -0.482 e. The van der Waals surface area contributed by atoms with E-state index >= 15 is 0 Å². The van der Waals surface area contributed by atoms with Crippen LogP contribution in [-0.4, -0.2) is 5.60 Å². The van der Waals surface area contributed by atoms with Crippen LogP contribution in [0.3, 0.4) is 0 Å². The smallest absolute Gasteiger partial charge is 0.347 e. The number of ether oxygens (including phenoxy) is 1. The van der Waals surface area contributed by atoms with Gasteiger partial charge in [-0.05, 0) is 44.6 Å². The molecule has 0 fully saturated rings. The first-order chi connectivity index (χ1) is 8.48. The Morgan fingerprint density at radius 1 is 1.22 bits per heavy atom. The SMILES string of the molecule is Cc1cccc2c3c(c(=O)oc12)C=CC(C)(C)O3. The largest absolute Gasteiger partial charge is 0.482 e. The fourth-order valence-electron chi connectivity index (χ4n) is 2.19. The van der Waals surface area contributed by atoms with E-state index in [0.29, 0.717) is 16.9 Å². The first-order valence-electron chi connectivity index (χ1n) is 5.93. The molecule has 0 unspecified atom stereocenters. The van der Waals surface area contributed by atoms with E-state index in [2.05, 4.69) is 0 Å². The normalized spacial score (nSPS) is 16.4. The molecule has 0 bridgehead atoms. The molecular formula is C15H14O3. The maximum Gasteiger partial charge on any atom is 0.347 e. The third-order valence-electron chi connectivity index (χ3n) is 3.13. The maximum atomic E-state index is 11.9. The molecule has 0 amide bonds. The Bertz CT molecular complexity index is 720. The topological polar surface area (TPSA) is 39.4 Å². The fraction of sp³-hybridized carbons (Fsp3) is 0.267. The van der Waals surface area contributed by atoms with Crippen molar-refractivity contribution in [2.24, 2.45) is 0 Å². The molecule has 1 aromatic heterocycles. The zero-order valence-corrected chi connectivity index (χ0v) is 10.6. The van der Waals surface area contributed by atoms with Gasteiger partial charge in [-0.25, -0.2) is 4.79 Å². The van der Waals surface area contributed by atoms with Crippen LogP contribution in [-0.2, 0) is 0 Å². The molecule has 2 aromatic rings. The molecule has 3 nitrogen and oxygen atoms in total. The van der Waals surface area contributed by atoms with Crippen molar-refractivity contribution in [1.29, 1.82) is 0 Å². The van der Waals surface area contributed by atoms with E-state index in [-0.39, 0.29) is 5.63 Å². The third kappa shape index (κ3) is 1.55. The van der Waals surface area contributed by atoms with Crippen LogP contribution >= 0.6 is 0 Å². The molecular weight excluding hydrogens is 228 g/mol. The van der Waals surface area contributed by atoms with Gasteiger partial charge in [0.15, 0.2) is 0 Å². The van der Waals surface area contributed by atoms with E-state index in [1.54, 1.807) is 6.08 Å².